The molecule has 1 heterocycles. The lowest BCUT2D eigenvalue weighted by Crippen LogP contribution is -2.42. The summed E-state index contributed by atoms with van der Waals surface area (Å²) in [5.74, 6) is 1.99. The van der Waals surface area contributed by atoms with Gasteiger partial charge >= 0.3 is 0 Å². The molecule has 1 aromatic carbocycles. The van der Waals surface area contributed by atoms with Gasteiger partial charge in [-0.05, 0) is 90.6 Å². The van der Waals surface area contributed by atoms with Gasteiger partial charge in [-0.25, -0.2) is 4.99 Å². The number of amides is 1. The molecule has 1 aromatic rings. The fourth-order valence-corrected chi connectivity index (χ4v) is 3.82. The molecule has 3 rings (SSSR count). The average molecular weight is 430 g/mol. The number of likely N-dealkylation sites (tertiary alicyclic amines) is 1. The van der Waals surface area contributed by atoms with Crippen molar-refractivity contribution in [2.24, 2.45) is 10.9 Å². The molecule has 0 spiro atoms. The van der Waals surface area contributed by atoms with E-state index in [2.05, 4.69) is 25.8 Å². The number of nitrogens with one attached hydrogen (secondary N) is 3. The number of hydrogen-bond donors (Lipinski definition) is 3. The summed E-state index contributed by atoms with van der Waals surface area (Å²) in [6.07, 6.45) is 4.06. The summed E-state index contributed by atoms with van der Waals surface area (Å²) in [6.45, 7) is 13.2. The first-order valence-electron chi connectivity index (χ1n) is 11.5. The number of guanidine groups is 1. The normalized spacial score (nSPS) is 20.1. The zero-order chi connectivity index (χ0) is 22.4. The maximum absolute atomic E-state index is 12.3. The number of carbonyl (C=O) groups excluding carboxylic acids is 1. The molecule has 7 nitrogen and oxygen atoms in total. The molecule has 2 fully saturated rings. The highest BCUT2D eigenvalue weighted by Crippen LogP contribution is 2.31. The van der Waals surface area contributed by atoms with Gasteiger partial charge in [0.15, 0.2) is 5.96 Å². The minimum Gasteiger partial charge on any atom is -0.491 e. The van der Waals surface area contributed by atoms with Crippen LogP contribution in [0.3, 0.4) is 0 Å². The molecule has 0 aromatic heterocycles. The molecule has 1 saturated carbocycles. The fourth-order valence-electron chi connectivity index (χ4n) is 3.82. The van der Waals surface area contributed by atoms with Gasteiger partial charge in [0.2, 0.25) is 5.91 Å². The molecule has 1 aliphatic carbocycles. The molecule has 1 aliphatic heterocycles. The molecule has 0 radical (unpaired) electrons. The van der Waals surface area contributed by atoms with Crippen molar-refractivity contribution in [3.63, 3.8) is 0 Å². The maximum Gasteiger partial charge on any atom is 0.242 e. The van der Waals surface area contributed by atoms with E-state index >= 15 is 0 Å². The van der Waals surface area contributed by atoms with Gasteiger partial charge in [-0.15, -0.1) is 0 Å². The molecule has 1 saturated heterocycles. The van der Waals surface area contributed by atoms with Crippen LogP contribution in [0.15, 0.2) is 29.3 Å². The highest BCUT2D eigenvalue weighted by molar-refractivity contribution is 5.95. The SMILES string of the molecule is CC(C)Oc1ccc(NC(=NCC(=O)NC(C)(C)C)NCC2CCN(C3CC3)C2)cc1. The second-order valence-corrected chi connectivity index (χ2v) is 10.0. The molecule has 7 heteroatoms. The first kappa shape index (κ1) is 23.4. The van der Waals surface area contributed by atoms with Gasteiger partial charge in [-0.2, -0.15) is 0 Å². The molecule has 3 N–H and O–H groups in total. The van der Waals surface area contributed by atoms with Crippen LogP contribution >= 0.6 is 0 Å². The fraction of sp³-hybridized carbons (Fsp3) is 0.667. The topological polar surface area (TPSA) is 78.0 Å². The summed E-state index contributed by atoms with van der Waals surface area (Å²) < 4.78 is 5.72. The van der Waals surface area contributed by atoms with Crippen molar-refractivity contribution < 1.29 is 9.53 Å². The number of ether oxygens (including phenoxy) is 1. The monoisotopic (exact) mass is 429 g/mol. The molecule has 0 bridgehead atoms. The minimum absolute atomic E-state index is 0.0833. The Balaban J connectivity index is 1.59. The molecule has 2 aliphatic rings. The predicted molar refractivity (Wildman–Crippen MR) is 127 cm³/mol. The zero-order valence-electron chi connectivity index (χ0n) is 19.7. The van der Waals surface area contributed by atoms with Gasteiger partial charge in [-0.3, -0.25) is 4.79 Å². The largest absolute Gasteiger partial charge is 0.491 e. The van der Waals surface area contributed by atoms with E-state index in [1.165, 1.54) is 25.8 Å². The number of carbonyl (C=O) groups is 1. The zero-order valence-corrected chi connectivity index (χ0v) is 19.7. The van der Waals surface area contributed by atoms with E-state index < -0.39 is 0 Å². The first-order valence-corrected chi connectivity index (χ1v) is 11.5. The van der Waals surface area contributed by atoms with Crippen molar-refractivity contribution in [1.82, 2.24) is 15.5 Å². The number of anilines is 1. The maximum atomic E-state index is 12.3. The van der Waals surface area contributed by atoms with Crippen LogP contribution < -0.4 is 20.7 Å². The predicted octanol–water partition coefficient (Wildman–Crippen LogP) is 3.23. The number of hydrogen-bond acceptors (Lipinski definition) is 4. The Morgan fingerprint density at radius 2 is 1.90 bits per heavy atom. The number of rotatable bonds is 8. The van der Waals surface area contributed by atoms with Crippen molar-refractivity contribution in [3.8, 4) is 5.75 Å². The second-order valence-electron chi connectivity index (χ2n) is 10.0. The van der Waals surface area contributed by atoms with Crippen molar-refractivity contribution >= 4 is 17.6 Å². The lowest BCUT2D eigenvalue weighted by Gasteiger charge is -2.20. The van der Waals surface area contributed by atoms with E-state index in [1.807, 2.05) is 58.9 Å². The lowest BCUT2D eigenvalue weighted by atomic mass is 10.1. The first-order chi connectivity index (χ1) is 14.7. The van der Waals surface area contributed by atoms with E-state index in [0.29, 0.717) is 11.9 Å². The summed E-state index contributed by atoms with van der Waals surface area (Å²) in [5, 5.41) is 9.76. The Hall–Kier alpha value is -2.28. The highest BCUT2D eigenvalue weighted by atomic mass is 16.5. The van der Waals surface area contributed by atoms with Crippen LogP contribution in [-0.4, -0.2) is 60.6 Å². The molecule has 1 atom stereocenters. The number of nitrogens with zero attached hydrogens (tertiary/aromatic N) is 2. The number of benzene rings is 1. The van der Waals surface area contributed by atoms with E-state index in [0.717, 1.165) is 30.6 Å². The van der Waals surface area contributed by atoms with Crippen molar-refractivity contribution in [1.29, 1.82) is 0 Å². The third-order valence-corrected chi connectivity index (χ3v) is 5.32. The van der Waals surface area contributed by atoms with Gasteiger partial charge in [0.05, 0.1) is 6.10 Å². The molecule has 1 amide bonds. The second kappa shape index (κ2) is 10.4. The Labute approximate surface area is 187 Å². The van der Waals surface area contributed by atoms with Gasteiger partial charge < -0.3 is 25.6 Å². The van der Waals surface area contributed by atoms with E-state index in [-0.39, 0.29) is 24.1 Å². The Bertz CT molecular complexity index is 750. The molecule has 1 unspecified atom stereocenters. The Kier molecular flexibility index (Phi) is 7.81. The van der Waals surface area contributed by atoms with Crippen LogP contribution in [0.4, 0.5) is 5.69 Å². The van der Waals surface area contributed by atoms with E-state index in [4.69, 9.17) is 4.74 Å². The lowest BCUT2D eigenvalue weighted by molar-refractivity contribution is -0.121. The van der Waals surface area contributed by atoms with Gasteiger partial charge in [0.1, 0.15) is 12.3 Å². The van der Waals surface area contributed by atoms with Crippen LogP contribution in [0, 0.1) is 5.92 Å². The highest BCUT2D eigenvalue weighted by Gasteiger charge is 2.34. The van der Waals surface area contributed by atoms with Crippen molar-refractivity contribution in [2.45, 2.75) is 71.6 Å². The van der Waals surface area contributed by atoms with Crippen LogP contribution in [0.5, 0.6) is 5.75 Å². The van der Waals surface area contributed by atoms with E-state index in [1.54, 1.807) is 0 Å². The number of aliphatic imine (C=N–C) groups is 1. The van der Waals surface area contributed by atoms with Crippen LogP contribution in [0.25, 0.3) is 0 Å². The summed E-state index contributed by atoms with van der Waals surface area (Å²) in [5.41, 5.74) is 0.639. The van der Waals surface area contributed by atoms with Crippen LogP contribution in [0.1, 0.15) is 53.9 Å². The summed E-state index contributed by atoms with van der Waals surface area (Å²) in [7, 11) is 0. The minimum atomic E-state index is -0.268. The van der Waals surface area contributed by atoms with Crippen LogP contribution in [-0.2, 0) is 4.79 Å². The third-order valence-electron chi connectivity index (χ3n) is 5.32. The Morgan fingerprint density at radius 1 is 1.19 bits per heavy atom. The molecular weight excluding hydrogens is 390 g/mol. The Morgan fingerprint density at radius 3 is 2.52 bits per heavy atom. The van der Waals surface area contributed by atoms with Crippen LogP contribution in [0.2, 0.25) is 0 Å². The van der Waals surface area contributed by atoms with Crippen molar-refractivity contribution in [2.75, 3.05) is 31.5 Å². The van der Waals surface area contributed by atoms with Crippen molar-refractivity contribution in [3.05, 3.63) is 24.3 Å². The summed E-state index contributed by atoms with van der Waals surface area (Å²) in [6, 6.07) is 8.64. The smallest absolute Gasteiger partial charge is 0.242 e. The van der Waals surface area contributed by atoms with Gasteiger partial charge in [-0.1, -0.05) is 0 Å². The molecule has 172 valence electrons. The molecule has 31 heavy (non-hydrogen) atoms. The van der Waals surface area contributed by atoms with E-state index in [9.17, 15) is 4.79 Å². The quantitative estimate of drug-likeness (QED) is 0.437. The standard InChI is InChI=1S/C24H39N5O2/c1-17(2)31-21-10-6-19(7-11-21)27-23(26-15-22(30)28-24(3,4)5)25-14-18-12-13-29(16-18)20-8-9-20/h6-7,10-11,17-18,20H,8-9,12-16H2,1-5H3,(H,28,30)(H2,25,26,27). The molecular formula is C24H39N5O2. The average Bonchev–Trinajstić information content (AvgIpc) is 3.42. The summed E-state index contributed by atoms with van der Waals surface area (Å²) in [4.78, 5) is 19.4. The summed E-state index contributed by atoms with van der Waals surface area (Å²) >= 11 is 0. The third kappa shape index (κ3) is 8.40. The van der Waals surface area contributed by atoms with Gasteiger partial charge in [0.25, 0.3) is 0 Å². The van der Waals surface area contributed by atoms with Gasteiger partial charge in [0, 0.05) is 30.4 Å².